The Labute approximate surface area is 117 Å². The number of carbonyl (C=O) groups is 1. The van der Waals surface area contributed by atoms with Gasteiger partial charge in [0.1, 0.15) is 0 Å². The second kappa shape index (κ2) is 6.81. The first-order valence-electron chi connectivity index (χ1n) is 4.73. The molecule has 0 aromatic heterocycles. The number of halogens is 6. The first-order valence-corrected chi connectivity index (χ1v) is 5.11. The normalized spacial score (nSPS) is 11.1. The van der Waals surface area contributed by atoms with Crippen molar-refractivity contribution in [2.45, 2.75) is 12.3 Å². The molecule has 1 rings (SSSR count). The van der Waals surface area contributed by atoms with Gasteiger partial charge in [-0.15, -0.1) is 12.4 Å². The molecule has 0 heterocycles. The smallest absolute Gasteiger partial charge is 0.324 e. The zero-order valence-corrected chi connectivity index (χ0v) is 10.9. The molecule has 0 aliphatic heterocycles. The van der Waals surface area contributed by atoms with Gasteiger partial charge >= 0.3 is 12.3 Å². The predicted octanol–water partition coefficient (Wildman–Crippen LogP) is 2.97. The van der Waals surface area contributed by atoms with Gasteiger partial charge in [0.2, 0.25) is 0 Å². The van der Waals surface area contributed by atoms with Crippen LogP contribution in [0.1, 0.15) is 10.4 Å². The second-order valence-electron chi connectivity index (χ2n) is 3.48. The zero-order valence-electron chi connectivity index (χ0n) is 9.30. The molecule has 0 atom stereocenters. The molecule has 0 aliphatic rings. The zero-order chi connectivity index (χ0) is 13.9. The van der Waals surface area contributed by atoms with E-state index in [0.717, 1.165) is 0 Å². The van der Waals surface area contributed by atoms with Crippen molar-refractivity contribution in [3.05, 3.63) is 28.8 Å². The highest BCUT2D eigenvalue weighted by molar-refractivity contribution is 6.34. The second-order valence-corrected chi connectivity index (χ2v) is 3.89. The lowest BCUT2D eigenvalue weighted by Crippen LogP contribution is -2.41. The summed E-state index contributed by atoms with van der Waals surface area (Å²) >= 11 is 5.66. The van der Waals surface area contributed by atoms with Gasteiger partial charge in [0.05, 0.1) is 17.1 Å². The summed E-state index contributed by atoms with van der Waals surface area (Å²) in [5.74, 6) is -5.25. The monoisotopic (exact) mass is 320 g/mol. The molecule has 0 spiro atoms. The molecule has 0 radical (unpaired) electrons. The Balaban J connectivity index is 0.00000324. The molecular weight excluding hydrogens is 311 g/mol. The van der Waals surface area contributed by atoms with Crippen molar-refractivity contribution in [2.24, 2.45) is 0 Å². The fourth-order valence-electron chi connectivity index (χ4n) is 1.09. The van der Waals surface area contributed by atoms with Crippen LogP contribution >= 0.6 is 24.0 Å². The number of anilines is 1. The van der Waals surface area contributed by atoms with E-state index in [1.807, 2.05) is 0 Å². The van der Waals surface area contributed by atoms with Crippen molar-refractivity contribution in [3.63, 3.8) is 0 Å². The number of benzene rings is 1. The highest BCUT2D eigenvalue weighted by Gasteiger charge is 2.40. The van der Waals surface area contributed by atoms with E-state index in [-0.39, 0.29) is 28.7 Å². The topological polar surface area (TPSA) is 55.1 Å². The van der Waals surface area contributed by atoms with Crippen molar-refractivity contribution in [1.82, 2.24) is 5.32 Å². The summed E-state index contributed by atoms with van der Waals surface area (Å²) in [4.78, 5) is 11.4. The Morgan fingerprint density at radius 2 is 2.00 bits per heavy atom. The van der Waals surface area contributed by atoms with Gasteiger partial charge < -0.3 is 11.1 Å². The predicted molar refractivity (Wildman–Crippen MR) is 66.4 cm³/mol. The van der Waals surface area contributed by atoms with E-state index < -0.39 is 24.8 Å². The molecule has 1 amide bonds. The lowest BCUT2D eigenvalue weighted by atomic mass is 10.2. The number of carbonyl (C=O) groups excluding carboxylic acids is 1. The van der Waals surface area contributed by atoms with Crippen LogP contribution in [-0.2, 0) is 0 Å². The minimum Gasteiger partial charge on any atom is -0.399 e. The van der Waals surface area contributed by atoms with Crippen molar-refractivity contribution in [2.75, 3.05) is 12.3 Å². The molecule has 1 aromatic carbocycles. The van der Waals surface area contributed by atoms with Crippen LogP contribution in [0.5, 0.6) is 0 Å². The molecule has 108 valence electrons. The lowest BCUT2D eigenvalue weighted by molar-refractivity contribution is -0.123. The van der Waals surface area contributed by atoms with Gasteiger partial charge in [0, 0.05) is 5.69 Å². The van der Waals surface area contributed by atoms with Crippen LogP contribution in [0, 0.1) is 0 Å². The highest BCUT2D eigenvalue weighted by Crippen LogP contribution is 2.23. The number of alkyl halides is 4. The average molecular weight is 321 g/mol. The van der Waals surface area contributed by atoms with Gasteiger partial charge in [-0.05, 0) is 18.2 Å². The van der Waals surface area contributed by atoms with Crippen molar-refractivity contribution in [3.8, 4) is 0 Å². The van der Waals surface area contributed by atoms with Gasteiger partial charge in [0.25, 0.3) is 5.91 Å². The Morgan fingerprint density at radius 1 is 1.42 bits per heavy atom. The summed E-state index contributed by atoms with van der Waals surface area (Å²) in [6.45, 7) is -1.47. The van der Waals surface area contributed by atoms with E-state index in [9.17, 15) is 22.4 Å². The summed E-state index contributed by atoms with van der Waals surface area (Å²) < 4.78 is 48.8. The third kappa shape index (κ3) is 4.76. The largest absolute Gasteiger partial charge is 0.399 e. The van der Waals surface area contributed by atoms with Crippen LogP contribution in [-0.4, -0.2) is 24.8 Å². The molecular formula is C10H10Cl2F4N2O. The first kappa shape index (κ1) is 17.8. The Bertz CT molecular complexity index is 457. The Morgan fingerprint density at radius 3 is 2.47 bits per heavy atom. The summed E-state index contributed by atoms with van der Waals surface area (Å²) in [5.41, 5.74) is 5.55. The maximum atomic E-state index is 12.6. The number of hydrogen-bond donors (Lipinski definition) is 2. The molecule has 3 N–H and O–H groups in total. The van der Waals surface area contributed by atoms with Crippen molar-refractivity contribution < 1.29 is 22.4 Å². The number of hydrogen-bond acceptors (Lipinski definition) is 2. The molecule has 1 aromatic rings. The third-order valence-corrected chi connectivity index (χ3v) is 2.35. The van der Waals surface area contributed by atoms with E-state index in [1.54, 1.807) is 5.32 Å². The molecule has 19 heavy (non-hydrogen) atoms. The van der Waals surface area contributed by atoms with Gasteiger partial charge in [0.15, 0.2) is 0 Å². The van der Waals surface area contributed by atoms with Gasteiger partial charge in [-0.1, -0.05) is 11.6 Å². The fourth-order valence-corrected chi connectivity index (χ4v) is 1.36. The number of rotatable bonds is 4. The molecule has 0 aliphatic carbocycles. The van der Waals surface area contributed by atoms with Gasteiger partial charge in [-0.3, -0.25) is 4.79 Å². The molecule has 0 unspecified atom stereocenters. The number of amides is 1. The Hall–Kier alpha value is -1.21. The average Bonchev–Trinajstić information content (AvgIpc) is 2.25. The quantitative estimate of drug-likeness (QED) is 0.662. The minimum absolute atomic E-state index is 0. The van der Waals surface area contributed by atoms with E-state index in [0.29, 0.717) is 0 Å². The summed E-state index contributed by atoms with van der Waals surface area (Å²) in [6, 6.07) is 3.81. The molecule has 0 saturated carbocycles. The fraction of sp³-hybridized carbons (Fsp3) is 0.300. The number of nitrogen functional groups attached to an aromatic ring is 1. The molecule has 0 fully saturated rings. The lowest BCUT2D eigenvalue weighted by Gasteiger charge is -2.16. The standard InChI is InChI=1S/C10H9ClF4N2O.ClH/c11-7-3-5(16)1-2-6(7)8(18)17-4-10(14,15)9(12)13;/h1-3,9H,4,16H2,(H,17,18);1H. The van der Waals surface area contributed by atoms with Crippen LogP contribution in [0.4, 0.5) is 23.2 Å². The van der Waals surface area contributed by atoms with Crippen LogP contribution in [0.15, 0.2) is 18.2 Å². The number of nitrogens with one attached hydrogen (secondary N) is 1. The van der Waals surface area contributed by atoms with Crippen LogP contribution in [0.2, 0.25) is 5.02 Å². The van der Waals surface area contributed by atoms with Crippen molar-refractivity contribution >= 4 is 35.6 Å². The van der Waals surface area contributed by atoms with Crippen LogP contribution < -0.4 is 11.1 Å². The van der Waals surface area contributed by atoms with E-state index in [1.165, 1.54) is 18.2 Å². The molecule has 9 heteroatoms. The Kier molecular flexibility index (Phi) is 6.38. The SMILES string of the molecule is Cl.Nc1ccc(C(=O)NCC(F)(F)C(F)F)c(Cl)c1. The summed E-state index contributed by atoms with van der Waals surface area (Å²) in [5, 5.41) is 1.64. The highest BCUT2D eigenvalue weighted by atomic mass is 35.5. The van der Waals surface area contributed by atoms with Crippen LogP contribution in [0.3, 0.4) is 0 Å². The third-order valence-electron chi connectivity index (χ3n) is 2.04. The van der Waals surface area contributed by atoms with Gasteiger partial charge in [-0.2, -0.15) is 8.78 Å². The minimum atomic E-state index is -4.28. The maximum absolute atomic E-state index is 12.6. The molecule has 0 bridgehead atoms. The van der Waals surface area contributed by atoms with Gasteiger partial charge in [-0.25, -0.2) is 8.78 Å². The summed E-state index contributed by atoms with van der Waals surface area (Å²) in [6.07, 6.45) is -3.85. The summed E-state index contributed by atoms with van der Waals surface area (Å²) in [7, 11) is 0. The first-order chi connectivity index (χ1) is 8.24. The molecule has 0 saturated heterocycles. The maximum Gasteiger partial charge on any atom is 0.324 e. The van der Waals surface area contributed by atoms with Crippen LogP contribution in [0.25, 0.3) is 0 Å². The number of nitrogens with two attached hydrogens (primary N) is 1. The van der Waals surface area contributed by atoms with E-state index in [4.69, 9.17) is 17.3 Å². The van der Waals surface area contributed by atoms with E-state index in [2.05, 4.69) is 0 Å². The van der Waals surface area contributed by atoms with E-state index >= 15 is 0 Å². The molecule has 3 nitrogen and oxygen atoms in total. The van der Waals surface area contributed by atoms with Crippen molar-refractivity contribution in [1.29, 1.82) is 0 Å².